The standard InChI is InChI=1S/C48H29NOS/c1-3-13-35-30(10-1)12-9-17-37(35)39-25-26-43(47-40-16-5-7-18-44(40)50-48(39)47)49(34-24-27-46-42(29-34)38-15-6-8-19-45(38)51-46)33-23-22-32-21-20-31-11-2-4-14-36(31)41(32)28-33/h1-29H. The van der Waals surface area contributed by atoms with Crippen molar-refractivity contribution in [3.05, 3.63) is 176 Å². The Labute approximate surface area is 298 Å². The Hall–Kier alpha value is -6.42. The third-order valence-corrected chi connectivity index (χ3v) is 11.6. The van der Waals surface area contributed by atoms with Gasteiger partial charge in [0.05, 0.1) is 11.1 Å². The van der Waals surface area contributed by atoms with E-state index in [2.05, 4.69) is 181 Å². The largest absolute Gasteiger partial charge is 0.455 e. The molecular formula is C48H29NOS. The van der Waals surface area contributed by atoms with E-state index in [1.54, 1.807) is 0 Å². The summed E-state index contributed by atoms with van der Waals surface area (Å²) in [6.07, 6.45) is 0. The first-order valence-corrected chi connectivity index (χ1v) is 18.2. The Bertz CT molecular complexity index is 3160. The molecule has 0 fully saturated rings. The lowest BCUT2D eigenvalue weighted by Crippen LogP contribution is -2.10. The van der Waals surface area contributed by atoms with E-state index in [0.29, 0.717) is 0 Å². The summed E-state index contributed by atoms with van der Waals surface area (Å²) in [5.74, 6) is 0. The monoisotopic (exact) mass is 667 g/mol. The average molecular weight is 668 g/mol. The molecule has 0 aliphatic rings. The molecule has 0 N–H and O–H groups in total. The van der Waals surface area contributed by atoms with Gasteiger partial charge >= 0.3 is 0 Å². The highest BCUT2D eigenvalue weighted by molar-refractivity contribution is 7.25. The summed E-state index contributed by atoms with van der Waals surface area (Å²) in [6, 6.07) is 63.8. The summed E-state index contributed by atoms with van der Waals surface area (Å²) in [5, 5.41) is 12.1. The first-order valence-electron chi connectivity index (χ1n) is 17.3. The van der Waals surface area contributed by atoms with Gasteiger partial charge in [-0.2, -0.15) is 0 Å². The van der Waals surface area contributed by atoms with Gasteiger partial charge in [-0.25, -0.2) is 0 Å². The molecule has 0 radical (unpaired) electrons. The van der Waals surface area contributed by atoms with Gasteiger partial charge in [-0.3, -0.25) is 0 Å². The number of anilines is 3. The van der Waals surface area contributed by atoms with Gasteiger partial charge in [0.15, 0.2) is 0 Å². The van der Waals surface area contributed by atoms with E-state index in [0.717, 1.165) is 44.6 Å². The minimum Gasteiger partial charge on any atom is -0.455 e. The molecule has 2 heterocycles. The molecule has 0 amide bonds. The van der Waals surface area contributed by atoms with Crippen LogP contribution in [0.15, 0.2) is 180 Å². The number of hydrogen-bond acceptors (Lipinski definition) is 3. The molecule has 2 aromatic heterocycles. The Morgan fingerprint density at radius 2 is 1.00 bits per heavy atom. The molecule has 238 valence electrons. The zero-order chi connectivity index (χ0) is 33.5. The smallest absolute Gasteiger partial charge is 0.145 e. The van der Waals surface area contributed by atoms with Crippen LogP contribution in [0.5, 0.6) is 0 Å². The maximum atomic E-state index is 6.87. The Morgan fingerprint density at radius 1 is 0.392 bits per heavy atom. The zero-order valence-corrected chi connectivity index (χ0v) is 28.3. The minimum atomic E-state index is 0.880. The van der Waals surface area contributed by atoms with Gasteiger partial charge in [0, 0.05) is 42.5 Å². The second-order valence-electron chi connectivity index (χ2n) is 13.3. The Morgan fingerprint density at radius 3 is 1.86 bits per heavy atom. The number of thiophene rings is 1. The van der Waals surface area contributed by atoms with Gasteiger partial charge in [-0.1, -0.05) is 121 Å². The van der Waals surface area contributed by atoms with Crippen LogP contribution < -0.4 is 4.90 Å². The number of hydrogen-bond donors (Lipinski definition) is 0. The fraction of sp³-hybridized carbons (Fsp3) is 0. The van der Waals surface area contributed by atoms with Crippen LogP contribution in [0, 0.1) is 0 Å². The molecule has 3 heteroatoms. The second-order valence-corrected chi connectivity index (χ2v) is 14.4. The SMILES string of the molecule is c1ccc2c(-c3ccc(N(c4ccc5ccc6ccccc6c5c4)c4ccc5sc6ccccc6c5c4)c4c3oc3ccccc34)cccc2c1. The van der Waals surface area contributed by atoms with Crippen molar-refractivity contribution in [3.63, 3.8) is 0 Å². The van der Waals surface area contributed by atoms with Crippen LogP contribution in [0.2, 0.25) is 0 Å². The number of nitrogens with zero attached hydrogens (tertiary/aromatic N) is 1. The van der Waals surface area contributed by atoms with Crippen molar-refractivity contribution in [3.8, 4) is 11.1 Å². The third kappa shape index (κ3) is 4.35. The van der Waals surface area contributed by atoms with E-state index >= 15 is 0 Å². The topological polar surface area (TPSA) is 16.4 Å². The van der Waals surface area contributed by atoms with Crippen molar-refractivity contribution in [2.45, 2.75) is 0 Å². The van der Waals surface area contributed by atoms with Gasteiger partial charge in [0.1, 0.15) is 11.2 Å². The first kappa shape index (κ1) is 28.4. The highest BCUT2D eigenvalue weighted by atomic mass is 32.1. The summed E-state index contributed by atoms with van der Waals surface area (Å²) >= 11 is 1.85. The number of rotatable bonds is 4. The molecule has 0 bridgehead atoms. The molecule has 0 atom stereocenters. The number of furan rings is 1. The van der Waals surface area contributed by atoms with E-state index in [1.807, 2.05) is 11.3 Å². The summed E-state index contributed by atoms with van der Waals surface area (Å²) < 4.78 is 9.46. The van der Waals surface area contributed by atoms with Gasteiger partial charge in [0.2, 0.25) is 0 Å². The molecule has 0 aliphatic carbocycles. The molecule has 11 rings (SSSR count). The van der Waals surface area contributed by atoms with E-state index in [1.165, 1.54) is 58.1 Å². The molecule has 0 saturated carbocycles. The van der Waals surface area contributed by atoms with Crippen molar-refractivity contribution in [1.82, 2.24) is 0 Å². The van der Waals surface area contributed by atoms with Crippen molar-refractivity contribution in [2.24, 2.45) is 0 Å². The third-order valence-electron chi connectivity index (χ3n) is 10.4. The summed E-state index contributed by atoms with van der Waals surface area (Å²) in [5.41, 5.74) is 7.31. The molecule has 0 saturated heterocycles. The number of fused-ring (bicyclic) bond motifs is 10. The molecule has 51 heavy (non-hydrogen) atoms. The summed E-state index contributed by atoms with van der Waals surface area (Å²) in [6.45, 7) is 0. The van der Waals surface area contributed by atoms with Gasteiger partial charge < -0.3 is 9.32 Å². The fourth-order valence-corrected chi connectivity index (χ4v) is 9.17. The van der Waals surface area contributed by atoms with Crippen molar-refractivity contribution in [1.29, 1.82) is 0 Å². The normalized spacial score (nSPS) is 11.9. The highest BCUT2D eigenvalue weighted by Crippen LogP contribution is 2.48. The van der Waals surface area contributed by atoms with Crippen molar-refractivity contribution < 1.29 is 4.42 Å². The lowest BCUT2D eigenvalue weighted by atomic mass is 9.95. The van der Waals surface area contributed by atoms with Crippen LogP contribution in [-0.2, 0) is 0 Å². The predicted octanol–water partition coefficient (Wildman–Crippen LogP) is 14.6. The van der Waals surface area contributed by atoms with Crippen LogP contribution in [0.1, 0.15) is 0 Å². The summed E-state index contributed by atoms with van der Waals surface area (Å²) in [7, 11) is 0. The molecular weight excluding hydrogens is 639 g/mol. The first-order chi connectivity index (χ1) is 25.3. The van der Waals surface area contributed by atoms with Crippen LogP contribution in [-0.4, -0.2) is 0 Å². The molecule has 9 aromatic carbocycles. The molecule has 11 aromatic rings. The van der Waals surface area contributed by atoms with E-state index in [4.69, 9.17) is 4.42 Å². The number of para-hydroxylation sites is 1. The van der Waals surface area contributed by atoms with Gasteiger partial charge in [0.25, 0.3) is 0 Å². The van der Waals surface area contributed by atoms with Gasteiger partial charge in [-0.15, -0.1) is 11.3 Å². The van der Waals surface area contributed by atoms with E-state index in [-0.39, 0.29) is 0 Å². The van der Waals surface area contributed by atoms with Crippen LogP contribution in [0.3, 0.4) is 0 Å². The second kappa shape index (κ2) is 11.0. The highest BCUT2D eigenvalue weighted by Gasteiger charge is 2.23. The maximum absolute atomic E-state index is 6.87. The molecule has 0 spiro atoms. The van der Waals surface area contributed by atoms with Crippen molar-refractivity contribution in [2.75, 3.05) is 4.90 Å². The fourth-order valence-electron chi connectivity index (χ4n) is 8.08. The molecule has 2 nitrogen and oxygen atoms in total. The van der Waals surface area contributed by atoms with Crippen LogP contribution in [0.4, 0.5) is 17.1 Å². The molecule has 0 unspecified atom stereocenters. The van der Waals surface area contributed by atoms with E-state index in [9.17, 15) is 0 Å². The Kier molecular flexibility index (Phi) is 6.16. The summed E-state index contributed by atoms with van der Waals surface area (Å²) in [4.78, 5) is 2.43. The minimum absolute atomic E-state index is 0.880. The maximum Gasteiger partial charge on any atom is 0.145 e. The average Bonchev–Trinajstić information content (AvgIpc) is 3.77. The predicted molar refractivity (Wildman–Crippen MR) is 219 cm³/mol. The Balaban J connectivity index is 1.24. The van der Waals surface area contributed by atoms with E-state index < -0.39 is 0 Å². The number of benzene rings is 9. The lowest BCUT2D eigenvalue weighted by molar-refractivity contribution is 0.670. The molecule has 0 aliphatic heterocycles. The van der Waals surface area contributed by atoms with Crippen molar-refractivity contribution >= 4 is 103 Å². The van der Waals surface area contributed by atoms with Crippen LogP contribution in [0.25, 0.3) is 85.6 Å². The van der Waals surface area contributed by atoms with Crippen LogP contribution >= 0.6 is 11.3 Å². The van der Waals surface area contributed by atoms with Gasteiger partial charge in [-0.05, 0) is 92.5 Å². The lowest BCUT2D eigenvalue weighted by Gasteiger charge is -2.27. The zero-order valence-electron chi connectivity index (χ0n) is 27.5. The quantitative estimate of drug-likeness (QED) is 0.174.